The predicted molar refractivity (Wildman–Crippen MR) is 45.4 cm³/mol. The van der Waals surface area contributed by atoms with Crippen molar-refractivity contribution < 1.29 is 8.78 Å². The zero-order valence-electron chi connectivity index (χ0n) is 7.79. The molecule has 72 valence electrons. The highest BCUT2D eigenvalue weighted by molar-refractivity contribution is 5.11. The lowest BCUT2D eigenvalue weighted by atomic mass is 9.94. The molecule has 2 fully saturated rings. The summed E-state index contributed by atoms with van der Waals surface area (Å²) in [5.41, 5.74) is -0.571. The molecule has 0 radical (unpaired) electrons. The Morgan fingerprint density at radius 3 is 1.75 bits per heavy atom. The van der Waals surface area contributed by atoms with Crippen LogP contribution in [0.1, 0.15) is 33.1 Å². The van der Waals surface area contributed by atoms with Gasteiger partial charge in [-0.1, -0.05) is 13.8 Å². The van der Waals surface area contributed by atoms with Crippen LogP contribution in [0.25, 0.3) is 0 Å². The van der Waals surface area contributed by atoms with Gasteiger partial charge in [-0.05, 0) is 25.9 Å². The van der Waals surface area contributed by atoms with Crippen molar-refractivity contribution in [1.29, 1.82) is 0 Å². The number of hydrogen-bond donors (Lipinski definition) is 1. The third kappa shape index (κ3) is 1.47. The molecule has 1 nitrogen and oxygen atoms in total. The Morgan fingerprint density at radius 1 is 1.08 bits per heavy atom. The van der Waals surface area contributed by atoms with E-state index in [1.807, 2.05) is 13.8 Å². The molecule has 1 saturated carbocycles. The fourth-order valence-corrected chi connectivity index (χ4v) is 1.83. The number of nitrogens with one attached hydrogen (secondary N) is 1. The molecule has 3 heteroatoms. The third-order valence-corrected chi connectivity index (χ3v) is 2.77. The van der Waals surface area contributed by atoms with Crippen LogP contribution in [0.3, 0.4) is 0 Å². The SMILES string of the molecule is CC.FC1(F)CC12CCNCC2. The molecule has 1 saturated heterocycles. The lowest BCUT2D eigenvalue weighted by Crippen LogP contribution is -2.31. The van der Waals surface area contributed by atoms with Gasteiger partial charge in [0.1, 0.15) is 0 Å². The van der Waals surface area contributed by atoms with Crippen molar-refractivity contribution in [3.63, 3.8) is 0 Å². The molecule has 12 heavy (non-hydrogen) atoms. The molecular weight excluding hydrogens is 160 g/mol. The van der Waals surface area contributed by atoms with Crippen molar-refractivity contribution in [2.75, 3.05) is 13.1 Å². The van der Waals surface area contributed by atoms with Gasteiger partial charge in [0.25, 0.3) is 5.92 Å². The van der Waals surface area contributed by atoms with Crippen LogP contribution in [-0.4, -0.2) is 19.0 Å². The zero-order valence-corrected chi connectivity index (χ0v) is 7.79. The standard InChI is InChI=1S/C7H11F2N.C2H6/c8-7(9)5-6(7)1-3-10-4-2-6;1-2/h10H,1-5H2;1-2H3. The van der Waals surface area contributed by atoms with Gasteiger partial charge in [-0.15, -0.1) is 0 Å². The summed E-state index contributed by atoms with van der Waals surface area (Å²) in [6, 6.07) is 0. The zero-order chi connectivity index (χ0) is 9.24. The minimum atomic E-state index is -2.32. The highest BCUT2D eigenvalue weighted by Gasteiger charge is 2.70. The van der Waals surface area contributed by atoms with Crippen LogP contribution in [0.5, 0.6) is 0 Å². The molecule has 0 aromatic heterocycles. The third-order valence-electron chi connectivity index (χ3n) is 2.77. The second kappa shape index (κ2) is 3.29. The van der Waals surface area contributed by atoms with Crippen LogP contribution in [0.4, 0.5) is 8.78 Å². The quantitative estimate of drug-likeness (QED) is 0.599. The van der Waals surface area contributed by atoms with Gasteiger partial charge in [0, 0.05) is 11.8 Å². The van der Waals surface area contributed by atoms with Crippen molar-refractivity contribution in [3.05, 3.63) is 0 Å². The number of hydrogen-bond acceptors (Lipinski definition) is 1. The van der Waals surface area contributed by atoms with Gasteiger partial charge in [-0.3, -0.25) is 0 Å². The Morgan fingerprint density at radius 2 is 1.50 bits per heavy atom. The first-order valence-corrected chi connectivity index (χ1v) is 4.75. The van der Waals surface area contributed by atoms with E-state index in [1.54, 1.807) is 0 Å². The van der Waals surface area contributed by atoms with E-state index < -0.39 is 11.3 Å². The van der Waals surface area contributed by atoms with Crippen molar-refractivity contribution in [3.8, 4) is 0 Å². The lowest BCUT2D eigenvalue weighted by Gasteiger charge is -2.21. The van der Waals surface area contributed by atoms with Crippen LogP contribution >= 0.6 is 0 Å². The smallest absolute Gasteiger partial charge is 0.254 e. The van der Waals surface area contributed by atoms with Gasteiger partial charge in [0.05, 0.1) is 0 Å². The molecule has 1 spiro atoms. The van der Waals surface area contributed by atoms with Gasteiger partial charge in [0.15, 0.2) is 0 Å². The molecule has 0 atom stereocenters. The minimum absolute atomic E-state index is 0.141. The molecule has 1 N–H and O–H groups in total. The first kappa shape index (κ1) is 9.90. The normalized spacial score (nSPS) is 29.0. The van der Waals surface area contributed by atoms with Crippen LogP contribution in [0.15, 0.2) is 0 Å². The predicted octanol–water partition coefficient (Wildman–Crippen LogP) is 2.42. The fourth-order valence-electron chi connectivity index (χ4n) is 1.83. The molecule has 0 unspecified atom stereocenters. The van der Waals surface area contributed by atoms with E-state index in [4.69, 9.17) is 0 Å². The summed E-state index contributed by atoms with van der Waals surface area (Å²) in [7, 11) is 0. The first-order valence-electron chi connectivity index (χ1n) is 4.75. The average Bonchev–Trinajstić information content (AvgIpc) is 2.58. The molecule has 1 aliphatic carbocycles. The van der Waals surface area contributed by atoms with Crippen LogP contribution in [-0.2, 0) is 0 Å². The molecular formula is C9H17F2N. The Bertz CT molecular complexity index is 151. The number of piperidine rings is 1. The van der Waals surface area contributed by atoms with Crippen molar-refractivity contribution in [1.82, 2.24) is 5.32 Å². The maximum absolute atomic E-state index is 12.6. The minimum Gasteiger partial charge on any atom is -0.317 e. The fraction of sp³-hybridized carbons (Fsp3) is 1.00. The van der Waals surface area contributed by atoms with E-state index >= 15 is 0 Å². The monoisotopic (exact) mass is 177 g/mol. The van der Waals surface area contributed by atoms with E-state index in [1.165, 1.54) is 0 Å². The summed E-state index contributed by atoms with van der Waals surface area (Å²) in [5.74, 6) is -2.32. The van der Waals surface area contributed by atoms with Gasteiger partial charge in [0.2, 0.25) is 0 Å². The number of halogens is 2. The van der Waals surface area contributed by atoms with E-state index in [0.717, 1.165) is 13.1 Å². The second-order valence-corrected chi connectivity index (χ2v) is 3.41. The summed E-state index contributed by atoms with van der Waals surface area (Å²) in [6.45, 7) is 5.55. The van der Waals surface area contributed by atoms with Crippen molar-refractivity contribution in [2.24, 2.45) is 5.41 Å². The Hall–Kier alpha value is -0.180. The topological polar surface area (TPSA) is 12.0 Å². The highest BCUT2D eigenvalue weighted by atomic mass is 19.3. The summed E-state index contributed by atoms with van der Waals surface area (Å²) >= 11 is 0. The molecule has 0 aromatic rings. The summed E-state index contributed by atoms with van der Waals surface area (Å²) in [5, 5.41) is 3.08. The van der Waals surface area contributed by atoms with E-state index in [0.29, 0.717) is 12.8 Å². The molecule has 2 rings (SSSR count). The molecule has 1 heterocycles. The van der Waals surface area contributed by atoms with E-state index in [-0.39, 0.29) is 6.42 Å². The highest BCUT2D eigenvalue weighted by Crippen LogP contribution is 2.65. The van der Waals surface area contributed by atoms with E-state index in [9.17, 15) is 8.78 Å². The largest absolute Gasteiger partial charge is 0.317 e. The van der Waals surface area contributed by atoms with Crippen LogP contribution < -0.4 is 5.32 Å². The Labute approximate surface area is 72.5 Å². The number of rotatable bonds is 0. The van der Waals surface area contributed by atoms with Crippen LogP contribution in [0.2, 0.25) is 0 Å². The summed E-state index contributed by atoms with van der Waals surface area (Å²) < 4.78 is 25.3. The Kier molecular flexibility index (Phi) is 2.71. The first-order chi connectivity index (χ1) is 5.66. The van der Waals surface area contributed by atoms with Gasteiger partial charge in [-0.25, -0.2) is 8.78 Å². The molecule has 0 amide bonds. The summed E-state index contributed by atoms with van der Waals surface area (Å²) in [6.07, 6.45) is 1.47. The maximum atomic E-state index is 12.6. The van der Waals surface area contributed by atoms with Gasteiger partial charge < -0.3 is 5.32 Å². The van der Waals surface area contributed by atoms with Gasteiger partial charge >= 0.3 is 0 Å². The Balaban J connectivity index is 0.000000336. The number of alkyl halides is 2. The maximum Gasteiger partial charge on any atom is 0.254 e. The molecule has 1 aliphatic heterocycles. The second-order valence-electron chi connectivity index (χ2n) is 3.41. The molecule has 0 aromatic carbocycles. The molecule has 0 bridgehead atoms. The van der Waals surface area contributed by atoms with E-state index in [2.05, 4.69) is 5.32 Å². The lowest BCUT2D eigenvalue weighted by molar-refractivity contribution is 0.0510. The molecule has 2 aliphatic rings. The van der Waals surface area contributed by atoms with Crippen molar-refractivity contribution >= 4 is 0 Å². The van der Waals surface area contributed by atoms with Crippen LogP contribution in [0, 0.1) is 5.41 Å². The van der Waals surface area contributed by atoms with Gasteiger partial charge in [-0.2, -0.15) is 0 Å². The summed E-state index contributed by atoms with van der Waals surface area (Å²) in [4.78, 5) is 0. The van der Waals surface area contributed by atoms with Crippen molar-refractivity contribution in [2.45, 2.75) is 39.0 Å². The average molecular weight is 177 g/mol.